The van der Waals surface area contributed by atoms with Crippen LogP contribution in [0.4, 0.5) is 0 Å². The fourth-order valence-electron chi connectivity index (χ4n) is 2.39. The first-order valence-electron chi connectivity index (χ1n) is 6.19. The summed E-state index contributed by atoms with van der Waals surface area (Å²) in [6.07, 6.45) is 0.905. The Morgan fingerprint density at radius 3 is 2.78 bits per heavy atom. The minimum Gasteiger partial charge on any atom is -0.497 e. The van der Waals surface area contributed by atoms with Crippen LogP contribution >= 0.6 is 0 Å². The second-order valence-corrected chi connectivity index (χ2v) is 4.41. The van der Waals surface area contributed by atoms with Crippen LogP contribution in [0, 0.1) is 6.92 Å². The van der Waals surface area contributed by atoms with Crippen LogP contribution in [0.2, 0.25) is 0 Å². The van der Waals surface area contributed by atoms with Crippen LogP contribution in [0.25, 0.3) is 10.9 Å². The summed E-state index contributed by atoms with van der Waals surface area (Å²) in [6.45, 7) is 3.57. The molecule has 2 aromatic rings. The first kappa shape index (κ1) is 12.9. The topological polar surface area (TPSA) is 60.4 Å². The van der Waals surface area contributed by atoms with Gasteiger partial charge in [-0.3, -0.25) is 0 Å². The van der Waals surface area contributed by atoms with E-state index in [0.29, 0.717) is 6.54 Å². The van der Waals surface area contributed by atoms with Gasteiger partial charge in [0.1, 0.15) is 5.75 Å². The van der Waals surface area contributed by atoms with Crippen LogP contribution < -0.4 is 10.5 Å². The van der Waals surface area contributed by atoms with Gasteiger partial charge in [-0.25, -0.2) is 0 Å². The number of hydrogen-bond donors (Lipinski definition) is 2. The van der Waals surface area contributed by atoms with Gasteiger partial charge in [-0.15, -0.1) is 0 Å². The molecule has 0 unspecified atom stereocenters. The van der Waals surface area contributed by atoms with Crippen molar-refractivity contribution in [3.8, 4) is 5.75 Å². The second kappa shape index (κ2) is 5.42. The third-order valence-corrected chi connectivity index (χ3v) is 3.39. The molecule has 0 saturated carbocycles. The van der Waals surface area contributed by atoms with E-state index in [0.717, 1.165) is 40.9 Å². The monoisotopic (exact) mass is 248 g/mol. The Morgan fingerprint density at radius 2 is 2.17 bits per heavy atom. The molecule has 1 aromatic carbocycles. The van der Waals surface area contributed by atoms with Crippen LogP contribution in [0.3, 0.4) is 0 Å². The average Bonchev–Trinajstić information content (AvgIpc) is 2.68. The average molecular weight is 248 g/mol. The number of aliphatic hydroxyl groups is 1. The molecule has 1 heterocycles. The molecule has 0 atom stereocenters. The van der Waals surface area contributed by atoms with Gasteiger partial charge >= 0.3 is 0 Å². The maximum Gasteiger partial charge on any atom is 0.119 e. The predicted molar refractivity (Wildman–Crippen MR) is 72.8 cm³/mol. The summed E-state index contributed by atoms with van der Waals surface area (Å²) in [6, 6.07) is 6.00. The Labute approximate surface area is 107 Å². The fourth-order valence-corrected chi connectivity index (χ4v) is 2.39. The maximum absolute atomic E-state index is 9.54. The molecule has 0 saturated heterocycles. The number of fused-ring (bicyclic) bond motifs is 1. The second-order valence-electron chi connectivity index (χ2n) is 4.41. The molecule has 0 radical (unpaired) electrons. The number of ether oxygens (including phenoxy) is 1. The normalized spacial score (nSPS) is 11.1. The Kier molecular flexibility index (Phi) is 3.89. The van der Waals surface area contributed by atoms with Crippen LogP contribution in [-0.2, 0) is 13.2 Å². The summed E-state index contributed by atoms with van der Waals surface area (Å²) in [5.74, 6) is 0.839. The molecule has 0 spiro atoms. The highest BCUT2D eigenvalue weighted by Crippen LogP contribution is 2.29. The molecule has 4 nitrogen and oxygen atoms in total. The number of nitrogens with two attached hydrogens (primary N) is 1. The lowest BCUT2D eigenvalue weighted by Crippen LogP contribution is -2.08. The van der Waals surface area contributed by atoms with Gasteiger partial charge in [0.05, 0.1) is 13.7 Å². The standard InChI is InChI=1S/C14H20N2O2/c1-10-12-8-11(18-2)4-5-13(12)16(7-3-6-15)14(10)9-17/h4-5,8,17H,3,6-7,9,15H2,1-2H3. The van der Waals surface area contributed by atoms with Crippen molar-refractivity contribution in [3.63, 3.8) is 0 Å². The Hall–Kier alpha value is -1.52. The molecule has 0 bridgehead atoms. The Morgan fingerprint density at radius 1 is 1.39 bits per heavy atom. The SMILES string of the molecule is COc1ccc2c(c1)c(C)c(CO)n2CCCN. The van der Waals surface area contributed by atoms with E-state index in [9.17, 15) is 5.11 Å². The van der Waals surface area contributed by atoms with E-state index >= 15 is 0 Å². The lowest BCUT2D eigenvalue weighted by atomic mass is 10.1. The van der Waals surface area contributed by atoms with Crippen molar-refractivity contribution in [2.75, 3.05) is 13.7 Å². The van der Waals surface area contributed by atoms with E-state index in [1.54, 1.807) is 7.11 Å². The molecule has 3 N–H and O–H groups in total. The van der Waals surface area contributed by atoms with Gasteiger partial charge in [0.15, 0.2) is 0 Å². The number of nitrogens with zero attached hydrogens (tertiary/aromatic N) is 1. The lowest BCUT2D eigenvalue weighted by Gasteiger charge is -2.09. The smallest absolute Gasteiger partial charge is 0.119 e. The Balaban J connectivity index is 2.59. The lowest BCUT2D eigenvalue weighted by molar-refractivity contribution is 0.270. The van der Waals surface area contributed by atoms with Gasteiger partial charge in [0, 0.05) is 23.1 Å². The zero-order valence-electron chi connectivity index (χ0n) is 10.9. The quantitative estimate of drug-likeness (QED) is 0.848. The van der Waals surface area contributed by atoms with Gasteiger partial charge in [-0.05, 0) is 43.7 Å². The molecule has 1 aromatic heterocycles. The zero-order chi connectivity index (χ0) is 13.1. The van der Waals surface area contributed by atoms with Crippen molar-refractivity contribution in [2.24, 2.45) is 5.73 Å². The molecule has 0 fully saturated rings. The van der Waals surface area contributed by atoms with Crippen molar-refractivity contribution in [1.29, 1.82) is 0 Å². The first-order valence-corrected chi connectivity index (χ1v) is 6.19. The van der Waals surface area contributed by atoms with Crippen LogP contribution in [0.15, 0.2) is 18.2 Å². The van der Waals surface area contributed by atoms with E-state index in [-0.39, 0.29) is 6.61 Å². The fraction of sp³-hybridized carbons (Fsp3) is 0.429. The van der Waals surface area contributed by atoms with E-state index in [1.807, 2.05) is 25.1 Å². The van der Waals surface area contributed by atoms with Gasteiger partial charge in [-0.2, -0.15) is 0 Å². The predicted octanol–water partition coefficient (Wildman–Crippen LogP) is 1.80. The largest absolute Gasteiger partial charge is 0.497 e. The van der Waals surface area contributed by atoms with Gasteiger partial charge in [0.2, 0.25) is 0 Å². The summed E-state index contributed by atoms with van der Waals surface area (Å²) in [7, 11) is 1.66. The molecule has 98 valence electrons. The van der Waals surface area contributed by atoms with E-state index < -0.39 is 0 Å². The van der Waals surface area contributed by atoms with Crippen molar-refractivity contribution in [3.05, 3.63) is 29.5 Å². The highest BCUT2D eigenvalue weighted by atomic mass is 16.5. The van der Waals surface area contributed by atoms with Gasteiger partial charge in [-0.1, -0.05) is 0 Å². The van der Waals surface area contributed by atoms with Gasteiger partial charge < -0.3 is 20.1 Å². The number of benzene rings is 1. The highest BCUT2D eigenvalue weighted by molar-refractivity contribution is 5.86. The van der Waals surface area contributed by atoms with Crippen LogP contribution in [0.1, 0.15) is 17.7 Å². The summed E-state index contributed by atoms with van der Waals surface area (Å²) >= 11 is 0. The highest BCUT2D eigenvalue weighted by Gasteiger charge is 2.13. The van der Waals surface area contributed by atoms with Crippen molar-refractivity contribution in [2.45, 2.75) is 26.5 Å². The third kappa shape index (κ3) is 2.09. The number of rotatable bonds is 5. The Bertz CT molecular complexity index is 546. The molecule has 0 aliphatic rings. The number of aryl methyl sites for hydroxylation is 2. The molecule has 0 amide bonds. The molecule has 2 rings (SSSR count). The third-order valence-electron chi connectivity index (χ3n) is 3.39. The van der Waals surface area contributed by atoms with Crippen LogP contribution in [0.5, 0.6) is 5.75 Å². The number of hydrogen-bond acceptors (Lipinski definition) is 3. The summed E-state index contributed by atoms with van der Waals surface area (Å²) in [5.41, 5.74) is 8.78. The minimum atomic E-state index is 0.0490. The number of methoxy groups -OCH3 is 1. The molecular weight excluding hydrogens is 228 g/mol. The molecule has 4 heteroatoms. The molecule has 0 aliphatic heterocycles. The van der Waals surface area contributed by atoms with Crippen LogP contribution in [-0.4, -0.2) is 23.3 Å². The summed E-state index contributed by atoms with van der Waals surface area (Å²) < 4.78 is 7.40. The number of aromatic nitrogens is 1. The zero-order valence-corrected chi connectivity index (χ0v) is 10.9. The molecule has 18 heavy (non-hydrogen) atoms. The molecular formula is C14H20N2O2. The minimum absolute atomic E-state index is 0.0490. The maximum atomic E-state index is 9.54. The van der Waals surface area contributed by atoms with Crippen molar-refractivity contribution in [1.82, 2.24) is 4.57 Å². The van der Waals surface area contributed by atoms with Gasteiger partial charge in [0.25, 0.3) is 0 Å². The summed E-state index contributed by atoms with van der Waals surface area (Å²) in [4.78, 5) is 0. The number of aliphatic hydroxyl groups excluding tert-OH is 1. The first-order chi connectivity index (χ1) is 8.72. The van der Waals surface area contributed by atoms with E-state index in [4.69, 9.17) is 10.5 Å². The van der Waals surface area contributed by atoms with E-state index in [1.165, 1.54) is 0 Å². The molecule has 0 aliphatic carbocycles. The van der Waals surface area contributed by atoms with E-state index in [2.05, 4.69) is 4.57 Å². The van der Waals surface area contributed by atoms with Crippen molar-refractivity contribution < 1.29 is 9.84 Å². The summed E-state index contributed by atoms with van der Waals surface area (Å²) in [5, 5.41) is 10.7. The van der Waals surface area contributed by atoms with Crippen molar-refractivity contribution >= 4 is 10.9 Å².